The Bertz CT molecular complexity index is 534. The predicted octanol–water partition coefficient (Wildman–Crippen LogP) is 2.90. The van der Waals surface area contributed by atoms with Gasteiger partial charge in [0, 0.05) is 24.8 Å². The van der Waals surface area contributed by atoms with Crippen molar-refractivity contribution in [1.82, 2.24) is 5.32 Å². The van der Waals surface area contributed by atoms with Crippen LogP contribution in [0.2, 0.25) is 10.0 Å². The van der Waals surface area contributed by atoms with Gasteiger partial charge in [-0.15, -0.1) is 0 Å². The smallest absolute Gasteiger partial charge is 0.220 e. The molecule has 0 spiro atoms. The number of piperidine rings is 1. The first-order chi connectivity index (χ1) is 10.1. The molecule has 114 valence electrons. The highest BCUT2D eigenvalue weighted by Gasteiger charge is 2.40. The maximum absolute atomic E-state index is 11.5. The lowest BCUT2D eigenvalue weighted by atomic mass is 9.72. The molecule has 0 bridgehead atoms. The molecule has 0 aliphatic carbocycles. The maximum atomic E-state index is 11.5. The Kier molecular flexibility index (Phi) is 4.41. The number of hydrogen-bond donors (Lipinski definition) is 1. The third kappa shape index (κ3) is 3.19. The Hall–Kier alpha value is -0.810. The van der Waals surface area contributed by atoms with E-state index in [0.29, 0.717) is 42.6 Å². The van der Waals surface area contributed by atoms with Crippen LogP contribution in [0.3, 0.4) is 0 Å². The molecule has 1 aromatic carbocycles. The van der Waals surface area contributed by atoms with Gasteiger partial charge >= 0.3 is 0 Å². The number of rotatable bonds is 3. The molecule has 21 heavy (non-hydrogen) atoms. The second-order valence-corrected chi connectivity index (χ2v) is 6.38. The Balaban J connectivity index is 1.90. The van der Waals surface area contributed by atoms with Crippen LogP contribution < -0.4 is 5.32 Å². The largest absolute Gasteiger partial charge is 0.355 e. The highest BCUT2D eigenvalue weighted by molar-refractivity contribution is 6.42. The van der Waals surface area contributed by atoms with E-state index < -0.39 is 0 Å². The first kappa shape index (κ1) is 15.1. The molecule has 1 amide bonds. The van der Waals surface area contributed by atoms with E-state index in [9.17, 15) is 4.79 Å². The lowest BCUT2D eigenvalue weighted by molar-refractivity contribution is -0.124. The second-order valence-electron chi connectivity index (χ2n) is 5.56. The van der Waals surface area contributed by atoms with E-state index in [1.807, 2.05) is 12.1 Å². The van der Waals surface area contributed by atoms with E-state index in [1.165, 1.54) is 0 Å². The number of hydrogen-bond acceptors (Lipinski definition) is 3. The number of benzene rings is 1. The minimum absolute atomic E-state index is 0.0824. The average Bonchev–Trinajstić information content (AvgIpc) is 2.97. The van der Waals surface area contributed by atoms with E-state index in [-0.39, 0.29) is 17.6 Å². The molecule has 2 fully saturated rings. The molecule has 4 nitrogen and oxygen atoms in total. The van der Waals surface area contributed by atoms with Crippen LogP contribution in [0.1, 0.15) is 24.8 Å². The molecule has 1 atom stereocenters. The molecular weight excluding hydrogens is 313 g/mol. The van der Waals surface area contributed by atoms with Crippen LogP contribution in [0.15, 0.2) is 18.2 Å². The van der Waals surface area contributed by atoms with Crippen LogP contribution in [0.25, 0.3) is 0 Å². The lowest BCUT2D eigenvalue weighted by Crippen LogP contribution is -2.48. The van der Waals surface area contributed by atoms with E-state index in [2.05, 4.69) is 5.32 Å². The molecule has 2 aliphatic rings. The molecule has 2 heterocycles. The maximum Gasteiger partial charge on any atom is 0.220 e. The third-order valence-electron chi connectivity index (χ3n) is 4.23. The van der Waals surface area contributed by atoms with Crippen molar-refractivity contribution in [3.05, 3.63) is 33.8 Å². The number of nitrogens with one attached hydrogen (secondary N) is 1. The zero-order valence-electron chi connectivity index (χ0n) is 11.5. The van der Waals surface area contributed by atoms with Crippen LogP contribution in [-0.4, -0.2) is 32.0 Å². The fraction of sp³-hybridized carbons (Fsp3) is 0.533. The monoisotopic (exact) mass is 329 g/mol. The van der Waals surface area contributed by atoms with Crippen molar-refractivity contribution in [2.75, 3.05) is 19.8 Å². The molecule has 1 aromatic rings. The van der Waals surface area contributed by atoms with Crippen LogP contribution >= 0.6 is 23.2 Å². The van der Waals surface area contributed by atoms with Crippen molar-refractivity contribution in [3.63, 3.8) is 0 Å². The van der Waals surface area contributed by atoms with Gasteiger partial charge < -0.3 is 14.8 Å². The minimum Gasteiger partial charge on any atom is -0.355 e. The normalized spacial score (nSPS) is 26.9. The number of carbonyl (C=O) groups is 1. The molecule has 1 N–H and O–H groups in total. The van der Waals surface area contributed by atoms with Crippen molar-refractivity contribution in [2.24, 2.45) is 0 Å². The molecule has 3 rings (SSSR count). The highest BCUT2D eigenvalue weighted by atomic mass is 35.5. The van der Waals surface area contributed by atoms with Crippen molar-refractivity contribution in [1.29, 1.82) is 0 Å². The lowest BCUT2D eigenvalue weighted by Gasteiger charge is -2.39. The minimum atomic E-state index is -0.227. The Morgan fingerprint density at radius 2 is 2.00 bits per heavy atom. The van der Waals surface area contributed by atoms with Gasteiger partial charge in [-0.05, 0) is 24.1 Å². The summed E-state index contributed by atoms with van der Waals surface area (Å²) < 4.78 is 11.2. The van der Waals surface area contributed by atoms with Crippen LogP contribution in [-0.2, 0) is 19.7 Å². The van der Waals surface area contributed by atoms with Crippen LogP contribution in [0.5, 0.6) is 0 Å². The molecule has 2 saturated heterocycles. The van der Waals surface area contributed by atoms with E-state index >= 15 is 0 Å². The summed E-state index contributed by atoms with van der Waals surface area (Å²) in [6, 6.07) is 5.66. The molecule has 0 aromatic heterocycles. The molecule has 0 unspecified atom stereocenters. The topological polar surface area (TPSA) is 47.6 Å². The first-order valence-electron chi connectivity index (χ1n) is 7.04. The van der Waals surface area contributed by atoms with E-state index in [1.54, 1.807) is 6.07 Å². The van der Waals surface area contributed by atoms with Gasteiger partial charge in [-0.25, -0.2) is 0 Å². The molecule has 0 saturated carbocycles. The van der Waals surface area contributed by atoms with Crippen molar-refractivity contribution in [2.45, 2.75) is 31.0 Å². The van der Waals surface area contributed by atoms with Gasteiger partial charge in [-0.2, -0.15) is 0 Å². The van der Waals surface area contributed by atoms with Gasteiger partial charge in [0.1, 0.15) is 0 Å². The van der Waals surface area contributed by atoms with Gasteiger partial charge in [-0.1, -0.05) is 29.3 Å². The molecule has 2 aliphatic heterocycles. The molecular formula is C15H17Cl2NO3. The van der Waals surface area contributed by atoms with Crippen LogP contribution in [0.4, 0.5) is 0 Å². The standard InChI is InChI=1S/C15H17Cl2NO3/c16-11-2-1-10(7-12(11)17)15(4-3-13(19)18-9-15)8-14-20-5-6-21-14/h1-2,7,14H,3-6,8-9H2,(H,18,19)/t15-/m0/s1. The van der Waals surface area contributed by atoms with Gasteiger partial charge in [0.2, 0.25) is 5.91 Å². The summed E-state index contributed by atoms with van der Waals surface area (Å²) in [5.41, 5.74) is 0.841. The summed E-state index contributed by atoms with van der Waals surface area (Å²) in [7, 11) is 0. The first-order valence-corrected chi connectivity index (χ1v) is 7.80. The zero-order valence-corrected chi connectivity index (χ0v) is 13.0. The van der Waals surface area contributed by atoms with Crippen molar-refractivity contribution < 1.29 is 14.3 Å². The molecule has 6 heteroatoms. The van der Waals surface area contributed by atoms with E-state index in [4.69, 9.17) is 32.7 Å². The number of halogens is 2. The van der Waals surface area contributed by atoms with Gasteiger partial charge in [0.05, 0.1) is 23.3 Å². The van der Waals surface area contributed by atoms with Crippen molar-refractivity contribution >= 4 is 29.1 Å². The third-order valence-corrected chi connectivity index (χ3v) is 4.97. The van der Waals surface area contributed by atoms with Crippen molar-refractivity contribution in [3.8, 4) is 0 Å². The number of ether oxygens (including phenoxy) is 2. The SMILES string of the molecule is O=C1CC[C@@](CC2OCCO2)(c2ccc(Cl)c(Cl)c2)CN1. The zero-order chi connectivity index (χ0) is 14.9. The summed E-state index contributed by atoms with van der Waals surface area (Å²) in [5, 5.41) is 4.01. The van der Waals surface area contributed by atoms with Gasteiger partial charge in [-0.3, -0.25) is 4.79 Å². The number of carbonyl (C=O) groups excluding carboxylic acids is 1. The fourth-order valence-corrected chi connectivity index (χ4v) is 3.30. The summed E-state index contributed by atoms with van der Waals surface area (Å²) >= 11 is 12.2. The van der Waals surface area contributed by atoms with Gasteiger partial charge in [0.25, 0.3) is 0 Å². The predicted molar refractivity (Wildman–Crippen MR) is 80.7 cm³/mol. The van der Waals surface area contributed by atoms with Crippen LogP contribution in [0, 0.1) is 0 Å². The summed E-state index contributed by atoms with van der Waals surface area (Å²) in [6.45, 7) is 1.80. The Labute approximate surface area is 133 Å². The number of amides is 1. The summed E-state index contributed by atoms with van der Waals surface area (Å²) in [5.74, 6) is 0.0824. The summed E-state index contributed by atoms with van der Waals surface area (Å²) in [6.07, 6.45) is 1.72. The fourth-order valence-electron chi connectivity index (χ4n) is 3.01. The van der Waals surface area contributed by atoms with E-state index in [0.717, 1.165) is 12.0 Å². The quantitative estimate of drug-likeness (QED) is 0.927. The molecule has 0 radical (unpaired) electrons. The second kappa shape index (κ2) is 6.13. The summed E-state index contributed by atoms with van der Waals surface area (Å²) in [4.78, 5) is 11.5. The Morgan fingerprint density at radius 1 is 1.24 bits per heavy atom. The Morgan fingerprint density at radius 3 is 2.62 bits per heavy atom. The average molecular weight is 330 g/mol. The van der Waals surface area contributed by atoms with Gasteiger partial charge in [0.15, 0.2) is 6.29 Å². The highest BCUT2D eigenvalue weighted by Crippen LogP contribution is 2.39.